The number of benzene rings is 1. The fourth-order valence-electron chi connectivity index (χ4n) is 3.09. The van der Waals surface area contributed by atoms with Crippen molar-refractivity contribution in [2.24, 2.45) is 0 Å². The Bertz CT molecular complexity index is 883. The Morgan fingerprint density at radius 2 is 1.93 bits per heavy atom. The van der Waals surface area contributed by atoms with Crippen molar-refractivity contribution >= 4 is 22.9 Å². The first-order valence-electron chi connectivity index (χ1n) is 8.88. The Balaban J connectivity index is 1.27. The lowest BCUT2D eigenvalue weighted by Crippen LogP contribution is -2.48. The molecule has 0 unspecified atom stereocenters. The molecule has 1 amide bonds. The zero-order valence-corrected chi connectivity index (χ0v) is 15.7. The van der Waals surface area contributed by atoms with Gasteiger partial charge in [0.15, 0.2) is 0 Å². The molecule has 0 spiro atoms. The number of piperazine rings is 1. The number of nitrogen functional groups attached to an aromatic ring is 1. The number of aromatic nitrogens is 2. The fraction of sp³-hybridized carbons (Fsp3) is 0.316. The van der Waals surface area contributed by atoms with Gasteiger partial charge in [0.1, 0.15) is 0 Å². The maximum Gasteiger partial charge on any atom is 0.241 e. The van der Waals surface area contributed by atoms with E-state index in [0.717, 1.165) is 23.5 Å². The van der Waals surface area contributed by atoms with Crippen LogP contribution in [0.2, 0.25) is 0 Å². The summed E-state index contributed by atoms with van der Waals surface area (Å²) in [6, 6.07) is 11.4. The Hall–Kier alpha value is -2.71. The second kappa shape index (κ2) is 7.89. The molecule has 1 fully saturated rings. The number of rotatable bonds is 5. The smallest absolute Gasteiger partial charge is 0.241 e. The van der Waals surface area contributed by atoms with Crippen molar-refractivity contribution in [1.82, 2.24) is 19.9 Å². The molecule has 1 aromatic carbocycles. The van der Waals surface area contributed by atoms with Crippen LogP contribution in [0, 0.1) is 0 Å². The van der Waals surface area contributed by atoms with Gasteiger partial charge in [0.05, 0.1) is 17.8 Å². The van der Waals surface area contributed by atoms with Gasteiger partial charge in [0.2, 0.25) is 17.6 Å². The summed E-state index contributed by atoms with van der Waals surface area (Å²) >= 11 is 1.59. The molecule has 4 rings (SSSR count). The van der Waals surface area contributed by atoms with Gasteiger partial charge in [-0.2, -0.15) is 4.98 Å². The van der Waals surface area contributed by atoms with E-state index < -0.39 is 0 Å². The number of carbonyl (C=O) groups excluding carboxylic acids is 1. The summed E-state index contributed by atoms with van der Waals surface area (Å²) in [5.74, 6) is 1.40. The Labute approximate surface area is 161 Å². The molecule has 0 bridgehead atoms. The molecular formula is C19H21N5O2S. The summed E-state index contributed by atoms with van der Waals surface area (Å²) in [4.78, 5) is 22.1. The number of anilines is 1. The van der Waals surface area contributed by atoms with Crippen LogP contribution in [0.5, 0.6) is 0 Å². The third kappa shape index (κ3) is 4.35. The van der Waals surface area contributed by atoms with Gasteiger partial charge in [-0.05, 0) is 29.1 Å². The highest BCUT2D eigenvalue weighted by molar-refractivity contribution is 7.13. The average Bonchev–Trinajstić information content (AvgIpc) is 3.36. The summed E-state index contributed by atoms with van der Waals surface area (Å²) in [6.45, 7) is 3.62. The van der Waals surface area contributed by atoms with Gasteiger partial charge in [-0.25, -0.2) is 0 Å². The Kier molecular flexibility index (Phi) is 5.17. The number of thiophene rings is 1. The van der Waals surface area contributed by atoms with Crippen molar-refractivity contribution in [3.8, 4) is 10.7 Å². The van der Waals surface area contributed by atoms with Gasteiger partial charge in [-0.15, -0.1) is 11.3 Å². The van der Waals surface area contributed by atoms with Gasteiger partial charge in [-0.3, -0.25) is 9.69 Å². The molecule has 7 nitrogen and oxygen atoms in total. The van der Waals surface area contributed by atoms with Gasteiger partial charge >= 0.3 is 0 Å². The molecule has 1 aliphatic rings. The molecule has 8 heteroatoms. The summed E-state index contributed by atoms with van der Waals surface area (Å²) < 4.78 is 5.37. The van der Waals surface area contributed by atoms with Crippen molar-refractivity contribution < 1.29 is 9.32 Å². The van der Waals surface area contributed by atoms with Crippen LogP contribution in [-0.2, 0) is 17.8 Å². The topological polar surface area (TPSA) is 88.5 Å². The summed E-state index contributed by atoms with van der Waals surface area (Å²) in [6.07, 6.45) is 0.411. The second-order valence-electron chi connectivity index (χ2n) is 6.56. The number of carbonyl (C=O) groups is 1. The fourth-order valence-corrected chi connectivity index (χ4v) is 3.74. The maximum atomic E-state index is 12.5. The van der Waals surface area contributed by atoms with Crippen LogP contribution in [0.3, 0.4) is 0 Å². The highest BCUT2D eigenvalue weighted by atomic mass is 32.1. The van der Waals surface area contributed by atoms with E-state index in [1.165, 1.54) is 0 Å². The van der Waals surface area contributed by atoms with Crippen LogP contribution in [-0.4, -0.2) is 52.0 Å². The standard InChI is InChI=1S/C19H21N5O2S/c20-15-5-3-14(4-6-15)12-18(25)24-9-7-23(8-10-24)13-17-21-19(22-26-17)16-2-1-11-27-16/h1-6,11H,7-10,12-13,20H2. The summed E-state index contributed by atoms with van der Waals surface area (Å²) in [5.41, 5.74) is 7.39. The number of amides is 1. The number of nitrogens with two attached hydrogens (primary N) is 1. The molecule has 0 saturated carbocycles. The first-order chi connectivity index (χ1) is 13.2. The van der Waals surface area contributed by atoms with Crippen molar-refractivity contribution in [3.63, 3.8) is 0 Å². The first-order valence-corrected chi connectivity index (χ1v) is 9.76. The highest BCUT2D eigenvalue weighted by Crippen LogP contribution is 2.21. The van der Waals surface area contributed by atoms with Gasteiger partial charge in [0.25, 0.3) is 0 Å². The van der Waals surface area contributed by atoms with Crippen molar-refractivity contribution in [1.29, 1.82) is 0 Å². The second-order valence-corrected chi connectivity index (χ2v) is 7.51. The lowest BCUT2D eigenvalue weighted by atomic mass is 10.1. The molecule has 1 aliphatic heterocycles. The van der Waals surface area contributed by atoms with E-state index in [-0.39, 0.29) is 5.91 Å². The molecule has 2 N–H and O–H groups in total. The van der Waals surface area contributed by atoms with Gasteiger partial charge in [-0.1, -0.05) is 23.4 Å². The first kappa shape index (κ1) is 17.7. The highest BCUT2D eigenvalue weighted by Gasteiger charge is 2.22. The zero-order chi connectivity index (χ0) is 18.6. The number of nitrogens with zero attached hydrogens (tertiary/aromatic N) is 4. The quantitative estimate of drug-likeness (QED) is 0.680. The van der Waals surface area contributed by atoms with Crippen LogP contribution in [0.25, 0.3) is 10.7 Å². The normalized spacial score (nSPS) is 15.2. The van der Waals surface area contributed by atoms with E-state index in [0.29, 0.717) is 43.5 Å². The van der Waals surface area contributed by atoms with E-state index >= 15 is 0 Å². The van der Waals surface area contributed by atoms with E-state index in [9.17, 15) is 4.79 Å². The summed E-state index contributed by atoms with van der Waals surface area (Å²) in [7, 11) is 0. The van der Waals surface area contributed by atoms with Crippen molar-refractivity contribution in [3.05, 3.63) is 53.2 Å². The van der Waals surface area contributed by atoms with E-state index in [1.807, 2.05) is 46.7 Å². The van der Waals surface area contributed by atoms with Crippen LogP contribution in [0.15, 0.2) is 46.3 Å². The predicted octanol–water partition coefficient (Wildman–Crippen LogP) is 2.27. The van der Waals surface area contributed by atoms with Crippen molar-refractivity contribution in [2.75, 3.05) is 31.9 Å². The number of hydrogen-bond acceptors (Lipinski definition) is 7. The van der Waals surface area contributed by atoms with E-state index in [4.69, 9.17) is 10.3 Å². The average molecular weight is 383 g/mol. The largest absolute Gasteiger partial charge is 0.399 e. The van der Waals surface area contributed by atoms with Crippen LogP contribution in [0.1, 0.15) is 11.5 Å². The Morgan fingerprint density at radius 1 is 1.15 bits per heavy atom. The molecule has 140 valence electrons. The molecule has 0 atom stereocenters. The molecule has 0 aliphatic carbocycles. The van der Waals surface area contributed by atoms with Crippen LogP contribution < -0.4 is 5.73 Å². The minimum atomic E-state index is 0.150. The summed E-state index contributed by atoms with van der Waals surface area (Å²) in [5, 5.41) is 6.04. The van der Waals surface area contributed by atoms with Gasteiger partial charge < -0.3 is 15.2 Å². The van der Waals surface area contributed by atoms with Crippen LogP contribution in [0.4, 0.5) is 5.69 Å². The lowest BCUT2D eigenvalue weighted by Gasteiger charge is -2.34. The molecule has 3 heterocycles. The number of hydrogen-bond donors (Lipinski definition) is 1. The predicted molar refractivity (Wildman–Crippen MR) is 104 cm³/mol. The third-order valence-electron chi connectivity index (χ3n) is 4.63. The molecule has 27 heavy (non-hydrogen) atoms. The third-order valence-corrected chi connectivity index (χ3v) is 5.49. The molecule has 0 radical (unpaired) electrons. The van der Waals surface area contributed by atoms with E-state index in [2.05, 4.69) is 15.0 Å². The minimum absolute atomic E-state index is 0.150. The van der Waals surface area contributed by atoms with Crippen molar-refractivity contribution in [2.45, 2.75) is 13.0 Å². The molecular weight excluding hydrogens is 362 g/mol. The van der Waals surface area contributed by atoms with Gasteiger partial charge in [0, 0.05) is 31.9 Å². The zero-order valence-electron chi connectivity index (χ0n) is 14.9. The minimum Gasteiger partial charge on any atom is -0.399 e. The molecule has 2 aromatic heterocycles. The molecule has 1 saturated heterocycles. The Morgan fingerprint density at radius 3 is 2.63 bits per heavy atom. The maximum absolute atomic E-state index is 12.5. The molecule has 3 aromatic rings. The SMILES string of the molecule is Nc1ccc(CC(=O)N2CCN(Cc3nc(-c4cccs4)no3)CC2)cc1. The monoisotopic (exact) mass is 383 g/mol. The van der Waals surface area contributed by atoms with Crippen LogP contribution >= 0.6 is 11.3 Å². The van der Waals surface area contributed by atoms with E-state index in [1.54, 1.807) is 11.3 Å². The lowest BCUT2D eigenvalue weighted by molar-refractivity contribution is -0.132.